The van der Waals surface area contributed by atoms with E-state index in [1.165, 1.54) is 35.3 Å². The molecule has 1 aromatic heterocycles. The highest BCUT2D eigenvalue weighted by molar-refractivity contribution is 8.14. The number of thioether (sulfide) groups is 1. The van der Waals surface area contributed by atoms with Crippen molar-refractivity contribution in [3.05, 3.63) is 89.7 Å². The summed E-state index contributed by atoms with van der Waals surface area (Å²) in [6.07, 6.45) is -6.85. The van der Waals surface area contributed by atoms with Crippen molar-refractivity contribution in [3.63, 3.8) is 0 Å². The van der Waals surface area contributed by atoms with Crippen molar-refractivity contribution in [2.45, 2.75) is 32.4 Å². The van der Waals surface area contributed by atoms with Gasteiger partial charge in [-0.3, -0.25) is 15.0 Å². The number of amidine groups is 1. The molecule has 14 nitrogen and oxygen atoms in total. The molecule has 0 aliphatic rings. The van der Waals surface area contributed by atoms with Crippen LogP contribution in [0.15, 0.2) is 83.2 Å². The van der Waals surface area contributed by atoms with Crippen LogP contribution in [-0.4, -0.2) is 85.1 Å². The molecule has 282 valence electrons. The van der Waals surface area contributed by atoms with E-state index in [0.29, 0.717) is 22.2 Å². The number of benzene rings is 3. The smallest absolute Gasteiger partial charge is 0.480 e. The number of carboxylic acid groups (broad SMARTS) is 2. The van der Waals surface area contributed by atoms with E-state index in [1.54, 1.807) is 30.5 Å². The zero-order valence-electron chi connectivity index (χ0n) is 27.5. The zero-order valence-corrected chi connectivity index (χ0v) is 28.3. The summed E-state index contributed by atoms with van der Waals surface area (Å²) in [5.41, 5.74) is 12.8. The number of ether oxygens (including phenoxy) is 1. The lowest BCUT2D eigenvalue weighted by Gasteiger charge is -2.10. The predicted molar refractivity (Wildman–Crippen MR) is 182 cm³/mol. The molecule has 0 aliphatic carbocycles. The Morgan fingerprint density at radius 2 is 1.58 bits per heavy atom. The summed E-state index contributed by atoms with van der Waals surface area (Å²) in [7, 11) is 0. The number of aryl methyl sites for hydroxylation is 2. The Bertz CT molecular complexity index is 1910. The maximum atomic E-state index is 12.4. The number of nitrogens with two attached hydrogens (primary N) is 1. The van der Waals surface area contributed by atoms with E-state index in [-0.39, 0.29) is 18.0 Å². The summed E-state index contributed by atoms with van der Waals surface area (Å²) in [4.78, 5) is 41.0. The molecule has 0 spiro atoms. The lowest BCUT2D eigenvalue weighted by Crippen LogP contribution is -2.43. The normalized spacial score (nSPS) is 12.4. The monoisotopic (exact) mass is 768 g/mol. The zero-order chi connectivity index (χ0) is 39.3. The Kier molecular flexibility index (Phi) is 14.5. The number of carbonyl (C=O) groups excluding carboxylic acids is 1. The average molecular weight is 769 g/mol. The minimum atomic E-state index is -5.08. The van der Waals surface area contributed by atoms with Crippen molar-refractivity contribution in [1.82, 2.24) is 25.5 Å². The van der Waals surface area contributed by atoms with Gasteiger partial charge in [0.2, 0.25) is 5.91 Å². The van der Waals surface area contributed by atoms with Crippen LogP contribution in [0.2, 0.25) is 0 Å². The molecule has 1 heterocycles. The van der Waals surface area contributed by atoms with Crippen molar-refractivity contribution in [3.8, 4) is 22.8 Å². The third-order valence-electron chi connectivity index (χ3n) is 6.44. The fraction of sp³-hybridized carbons (Fsp3) is 0.219. The van der Waals surface area contributed by atoms with Crippen molar-refractivity contribution in [2.75, 3.05) is 12.3 Å². The van der Waals surface area contributed by atoms with Crippen molar-refractivity contribution >= 4 is 46.7 Å². The molecular weight excluding hydrogens is 738 g/mol. The van der Waals surface area contributed by atoms with Gasteiger partial charge >= 0.3 is 24.5 Å². The van der Waals surface area contributed by atoms with Gasteiger partial charge in [-0.1, -0.05) is 54.2 Å². The SMILES string of the molecule is Cc1cccc(C)c1N=C(N/N=C/c1ccc(-c2ncn(-c3ccc(OC(F)(F)F)cc3)n2)cc1)SCC(=O)NCC(N)C(=O)O.O=C(O)C(F)(F)F. The Labute approximate surface area is 300 Å². The molecule has 0 saturated carbocycles. The van der Waals surface area contributed by atoms with Crippen LogP contribution in [0, 0.1) is 13.8 Å². The van der Waals surface area contributed by atoms with Crippen LogP contribution in [0.3, 0.4) is 0 Å². The molecule has 6 N–H and O–H groups in total. The van der Waals surface area contributed by atoms with Gasteiger partial charge in [0.05, 0.1) is 23.3 Å². The molecule has 3 aromatic carbocycles. The number of hydrogen-bond donors (Lipinski definition) is 5. The van der Waals surface area contributed by atoms with Gasteiger partial charge in [-0.05, 0) is 54.8 Å². The highest BCUT2D eigenvalue weighted by atomic mass is 32.2. The Hall–Kier alpha value is -5.96. The second-order valence-electron chi connectivity index (χ2n) is 10.5. The largest absolute Gasteiger partial charge is 0.573 e. The molecule has 0 bridgehead atoms. The minimum absolute atomic E-state index is 0.0571. The van der Waals surface area contributed by atoms with Crippen LogP contribution in [-0.2, 0) is 14.4 Å². The van der Waals surface area contributed by atoms with Gasteiger partial charge in [0.25, 0.3) is 0 Å². The average Bonchev–Trinajstić information content (AvgIpc) is 3.57. The topological polar surface area (TPSA) is 206 Å². The number of para-hydroxylation sites is 1. The number of carbonyl (C=O) groups is 3. The van der Waals surface area contributed by atoms with Gasteiger partial charge in [0.1, 0.15) is 18.1 Å². The van der Waals surface area contributed by atoms with Gasteiger partial charge in [-0.25, -0.2) is 19.5 Å². The number of hydrogen-bond acceptors (Lipinski definition) is 10. The number of aromatic nitrogens is 3. The minimum Gasteiger partial charge on any atom is -0.480 e. The molecule has 1 unspecified atom stereocenters. The molecule has 53 heavy (non-hydrogen) atoms. The van der Waals surface area contributed by atoms with Crippen LogP contribution >= 0.6 is 11.8 Å². The summed E-state index contributed by atoms with van der Waals surface area (Å²) in [6, 6.07) is 16.9. The number of halogens is 6. The van der Waals surface area contributed by atoms with Crippen molar-refractivity contribution < 1.29 is 55.7 Å². The second-order valence-corrected chi connectivity index (χ2v) is 11.5. The first-order valence-electron chi connectivity index (χ1n) is 14.8. The first-order valence-corrected chi connectivity index (χ1v) is 15.8. The summed E-state index contributed by atoms with van der Waals surface area (Å²) < 4.78 is 74.3. The number of nitrogens with zero attached hydrogens (tertiary/aromatic N) is 5. The number of aliphatic imine (C=N–C) groups is 1. The van der Waals surface area contributed by atoms with E-state index >= 15 is 0 Å². The first kappa shape index (κ1) is 41.5. The number of amides is 1. The van der Waals surface area contributed by atoms with E-state index in [0.717, 1.165) is 34.1 Å². The standard InChI is InChI=1S/C30H29F3N8O4S.C2HF3O2/c1-18-4-3-5-19(2)26(18)38-29(46-16-25(42)35-15-24(34)28(43)44)39-37-14-20-6-8-21(9-7-20)27-36-17-41(40-27)22-10-12-23(13-11-22)45-30(31,32)33;3-2(4,5)1(6)7/h3-14,17,24H,15-16,34H2,1-2H3,(H,35,42)(H,38,39)(H,43,44);(H,6,7)/b37-14+;. The van der Waals surface area contributed by atoms with Crippen LogP contribution < -0.4 is 21.2 Å². The molecule has 0 fully saturated rings. The Balaban J connectivity index is 0.000000980. The van der Waals surface area contributed by atoms with Crippen molar-refractivity contribution in [2.24, 2.45) is 15.8 Å². The number of nitrogens with one attached hydrogen (secondary N) is 2. The molecule has 0 aliphatic heterocycles. The molecular formula is C32H30F6N8O6S. The third kappa shape index (κ3) is 13.9. The van der Waals surface area contributed by atoms with Crippen LogP contribution in [0.1, 0.15) is 16.7 Å². The summed E-state index contributed by atoms with van der Waals surface area (Å²) in [6.45, 7) is 3.63. The quantitative estimate of drug-likeness (QED) is 0.0597. The predicted octanol–water partition coefficient (Wildman–Crippen LogP) is 4.96. The highest BCUT2D eigenvalue weighted by Gasteiger charge is 2.38. The summed E-state index contributed by atoms with van der Waals surface area (Å²) in [5.74, 6) is -4.38. The Morgan fingerprint density at radius 1 is 0.981 bits per heavy atom. The lowest BCUT2D eigenvalue weighted by molar-refractivity contribution is -0.274. The number of carboxylic acids is 2. The molecule has 4 aromatic rings. The number of aliphatic carboxylic acids is 2. The second kappa shape index (κ2) is 18.5. The van der Waals surface area contributed by atoms with E-state index in [9.17, 15) is 35.9 Å². The number of hydrazone groups is 1. The maximum Gasteiger partial charge on any atom is 0.573 e. The fourth-order valence-corrected chi connectivity index (χ4v) is 4.51. The van der Waals surface area contributed by atoms with Crippen LogP contribution in [0.4, 0.5) is 32.0 Å². The van der Waals surface area contributed by atoms with Gasteiger partial charge in [0.15, 0.2) is 11.0 Å². The highest BCUT2D eigenvalue weighted by Crippen LogP contribution is 2.25. The van der Waals surface area contributed by atoms with E-state index < -0.39 is 36.4 Å². The van der Waals surface area contributed by atoms with Crippen molar-refractivity contribution in [1.29, 1.82) is 0 Å². The molecule has 0 radical (unpaired) electrons. The fourth-order valence-electron chi connectivity index (χ4n) is 3.87. The first-order chi connectivity index (χ1) is 24.8. The number of alkyl halides is 6. The molecule has 21 heteroatoms. The van der Waals surface area contributed by atoms with Crippen LogP contribution in [0.25, 0.3) is 17.1 Å². The maximum absolute atomic E-state index is 12.4. The summed E-state index contributed by atoms with van der Waals surface area (Å²) >= 11 is 1.09. The van der Waals surface area contributed by atoms with E-state index in [2.05, 4.69) is 35.7 Å². The Morgan fingerprint density at radius 3 is 2.13 bits per heavy atom. The van der Waals surface area contributed by atoms with E-state index in [1.807, 2.05) is 32.0 Å². The van der Waals surface area contributed by atoms with Gasteiger partial charge in [0, 0.05) is 12.1 Å². The summed E-state index contributed by atoms with van der Waals surface area (Å²) in [5, 5.41) is 27.5. The van der Waals surface area contributed by atoms with E-state index in [4.69, 9.17) is 20.7 Å². The van der Waals surface area contributed by atoms with Gasteiger partial charge < -0.3 is 26.0 Å². The van der Waals surface area contributed by atoms with Gasteiger partial charge in [-0.2, -0.15) is 18.3 Å². The lowest BCUT2D eigenvalue weighted by atomic mass is 10.1. The third-order valence-corrected chi connectivity index (χ3v) is 7.30. The molecule has 1 atom stereocenters. The molecule has 1 amide bonds. The number of rotatable bonds is 11. The van der Waals surface area contributed by atoms with Crippen LogP contribution in [0.5, 0.6) is 5.75 Å². The molecule has 0 saturated heterocycles. The van der Waals surface area contributed by atoms with Gasteiger partial charge in [-0.15, -0.1) is 18.3 Å². The molecule has 4 rings (SSSR count).